The Bertz CT molecular complexity index is 740. The summed E-state index contributed by atoms with van der Waals surface area (Å²) in [5.74, 6) is 1.00. The van der Waals surface area contributed by atoms with E-state index in [0.717, 1.165) is 11.3 Å². The molecule has 0 aliphatic heterocycles. The normalized spacial score (nSPS) is 10.2. The fourth-order valence-corrected chi connectivity index (χ4v) is 2.62. The maximum absolute atomic E-state index is 12.9. The van der Waals surface area contributed by atoms with Gasteiger partial charge in [0.15, 0.2) is 0 Å². The topological polar surface area (TPSA) is 65.1 Å². The Morgan fingerprint density at radius 1 is 0.815 bits per heavy atom. The average molecular weight is 371 g/mol. The van der Waals surface area contributed by atoms with Crippen molar-refractivity contribution in [1.82, 2.24) is 4.90 Å². The van der Waals surface area contributed by atoms with E-state index in [1.165, 1.54) is 7.11 Å². The van der Waals surface area contributed by atoms with Crippen molar-refractivity contribution in [2.75, 3.05) is 34.4 Å². The quantitative estimate of drug-likeness (QED) is 0.634. The van der Waals surface area contributed by atoms with Crippen molar-refractivity contribution in [1.29, 1.82) is 0 Å². The van der Waals surface area contributed by atoms with Crippen molar-refractivity contribution in [2.45, 2.75) is 12.8 Å². The van der Waals surface area contributed by atoms with Crippen LogP contribution in [0.25, 0.3) is 0 Å². The van der Waals surface area contributed by atoms with Crippen LogP contribution in [0.3, 0.4) is 0 Å². The monoisotopic (exact) mass is 371 g/mol. The Balaban J connectivity index is 2.08. The Hall–Kier alpha value is -3.02. The van der Waals surface area contributed by atoms with Gasteiger partial charge in [-0.25, -0.2) is 0 Å². The summed E-state index contributed by atoms with van der Waals surface area (Å²) in [7, 11) is 4.54. The van der Waals surface area contributed by atoms with E-state index in [2.05, 4.69) is 0 Å². The highest BCUT2D eigenvalue weighted by Crippen LogP contribution is 2.15. The van der Waals surface area contributed by atoms with Gasteiger partial charge in [0.1, 0.15) is 11.5 Å². The van der Waals surface area contributed by atoms with E-state index in [1.807, 2.05) is 24.3 Å². The molecule has 0 bridgehead atoms. The molecule has 0 aliphatic carbocycles. The van der Waals surface area contributed by atoms with Crippen LogP contribution in [0.1, 0.15) is 22.3 Å². The summed E-state index contributed by atoms with van der Waals surface area (Å²) in [5.41, 5.74) is 1.64. The molecule has 2 aromatic carbocycles. The van der Waals surface area contributed by atoms with Gasteiger partial charge < -0.3 is 19.1 Å². The molecule has 0 saturated heterocycles. The average Bonchev–Trinajstić information content (AvgIpc) is 2.73. The number of ether oxygens (including phenoxy) is 3. The molecule has 144 valence electrons. The summed E-state index contributed by atoms with van der Waals surface area (Å²) in [5, 5.41) is 0. The van der Waals surface area contributed by atoms with Crippen molar-refractivity contribution in [3.05, 3.63) is 59.7 Å². The third kappa shape index (κ3) is 6.02. The van der Waals surface area contributed by atoms with Crippen molar-refractivity contribution in [3.63, 3.8) is 0 Å². The van der Waals surface area contributed by atoms with E-state index in [9.17, 15) is 9.59 Å². The Labute approximate surface area is 159 Å². The van der Waals surface area contributed by atoms with E-state index in [1.54, 1.807) is 43.4 Å². The van der Waals surface area contributed by atoms with Crippen LogP contribution in [0.2, 0.25) is 0 Å². The Morgan fingerprint density at radius 2 is 1.37 bits per heavy atom. The first-order chi connectivity index (χ1) is 13.1. The van der Waals surface area contributed by atoms with Gasteiger partial charge in [-0.1, -0.05) is 12.1 Å². The summed E-state index contributed by atoms with van der Waals surface area (Å²) in [6, 6.07) is 14.6. The van der Waals surface area contributed by atoms with Gasteiger partial charge >= 0.3 is 5.97 Å². The second-order valence-electron chi connectivity index (χ2n) is 5.94. The molecular weight excluding hydrogens is 346 g/mol. The second kappa shape index (κ2) is 10.2. The number of amides is 1. The molecule has 0 unspecified atom stereocenters. The van der Waals surface area contributed by atoms with Crippen LogP contribution in [0, 0.1) is 0 Å². The van der Waals surface area contributed by atoms with Crippen LogP contribution >= 0.6 is 0 Å². The molecule has 0 aromatic heterocycles. The molecule has 0 radical (unpaired) electrons. The molecular formula is C21H25NO5. The molecule has 6 nitrogen and oxygen atoms in total. The molecule has 1 amide bonds. The molecule has 0 N–H and O–H groups in total. The number of hydrogen-bond acceptors (Lipinski definition) is 5. The number of hydrogen-bond donors (Lipinski definition) is 0. The first-order valence-corrected chi connectivity index (χ1v) is 8.70. The first-order valence-electron chi connectivity index (χ1n) is 8.70. The zero-order valence-corrected chi connectivity index (χ0v) is 15.9. The number of carbonyl (C=O) groups is 2. The lowest BCUT2D eigenvalue weighted by Gasteiger charge is -2.22. The highest BCUT2D eigenvalue weighted by Gasteiger charge is 2.17. The van der Waals surface area contributed by atoms with E-state index < -0.39 is 0 Å². The maximum atomic E-state index is 12.9. The smallest absolute Gasteiger partial charge is 0.307 e. The summed E-state index contributed by atoms with van der Waals surface area (Å²) in [6.07, 6.45) is 0.827. The van der Waals surface area contributed by atoms with Crippen molar-refractivity contribution >= 4 is 11.9 Å². The van der Waals surface area contributed by atoms with Gasteiger partial charge in [-0.2, -0.15) is 0 Å². The number of rotatable bonds is 9. The molecule has 0 heterocycles. The molecule has 2 aromatic rings. The van der Waals surface area contributed by atoms with E-state index >= 15 is 0 Å². The molecule has 0 spiro atoms. The van der Waals surface area contributed by atoms with Gasteiger partial charge in [0.2, 0.25) is 0 Å². The molecule has 27 heavy (non-hydrogen) atoms. The number of benzene rings is 2. The number of esters is 1. The molecule has 0 saturated carbocycles. The Kier molecular flexibility index (Phi) is 7.67. The molecule has 2 rings (SSSR count). The van der Waals surface area contributed by atoms with E-state index in [-0.39, 0.29) is 18.3 Å². The van der Waals surface area contributed by atoms with Crippen LogP contribution in [0.15, 0.2) is 48.5 Å². The lowest BCUT2D eigenvalue weighted by Crippen LogP contribution is -2.35. The fourth-order valence-electron chi connectivity index (χ4n) is 2.62. The van der Waals surface area contributed by atoms with Gasteiger partial charge in [0.05, 0.1) is 27.8 Å². The Morgan fingerprint density at radius 3 is 1.89 bits per heavy atom. The summed E-state index contributed by atoms with van der Waals surface area (Å²) in [4.78, 5) is 26.1. The predicted molar refractivity (Wildman–Crippen MR) is 102 cm³/mol. The number of carbonyl (C=O) groups excluding carboxylic acids is 2. The summed E-state index contributed by atoms with van der Waals surface area (Å²) >= 11 is 0. The van der Waals surface area contributed by atoms with Crippen LogP contribution in [0.5, 0.6) is 11.5 Å². The van der Waals surface area contributed by atoms with Gasteiger partial charge in [0.25, 0.3) is 5.91 Å². The van der Waals surface area contributed by atoms with E-state index in [0.29, 0.717) is 30.8 Å². The minimum atomic E-state index is -0.341. The van der Waals surface area contributed by atoms with Crippen molar-refractivity contribution in [3.8, 4) is 11.5 Å². The van der Waals surface area contributed by atoms with E-state index in [4.69, 9.17) is 14.2 Å². The zero-order valence-electron chi connectivity index (χ0n) is 15.9. The molecule has 0 aliphatic rings. The highest BCUT2D eigenvalue weighted by atomic mass is 16.5. The lowest BCUT2D eigenvalue weighted by atomic mass is 10.1. The van der Waals surface area contributed by atoms with Crippen molar-refractivity contribution < 1.29 is 23.8 Å². The van der Waals surface area contributed by atoms with Gasteiger partial charge in [0, 0.05) is 18.7 Å². The van der Waals surface area contributed by atoms with Crippen molar-refractivity contribution in [2.24, 2.45) is 0 Å². The van der Waals surface area contributed by atoms with Gasteiger partial charge in [-0.3, -0.25) is 9.59 Å². The van der Waals surface area contributed by atoms with Crippen LogP contribution in [0.4, 0.5) is 0 Å². The van der Waals surface area contributed by atoms with Crippen LogP contribution < -0.4 is 9.47 Å². The number of methoxy groups -OCH3 is 3. The minimum Gasteiger partial charge on any atom is -0.497 e. The lowest BCUT2D eigenvalue weighted by molar-refractivity contribution is -0.140. The fraction of sp³-hybridized carbons (Fsp3) is 0.333. The third-order valence-corrected chi connectivity index (χ3v) is 4.27. The van der Waals surface area contributed by atoms with Crippen LogP contribution in [-0.4, -0.2) is 51.2 Å². The zero-order chi connectivity index (χ0) is 19.6. The number of nitrogens with zero attached hydrogens (tertiary/aromatic N) is 1. The molecule has 0 fully saturated rings. The predicted octanol–water partition coefficient (Wildman–Crippen LogP) is 2.95. The summed E-state index contributed by atoms with van der Waals surface area (Å²) < 4.78 is 15.0. The maximum Gasteiger partial charge on any atom is 0.307 e. The standard InChI is InChI=1S/C21H25NO5/c1-25-18-8-4-16(5-9-18)12-14-22(15-13-20(23)27-3)21(24)17-6-10-19(26-2)11-7-17/h4-11H,12-15H2,1-3H3. The molecule has 6 heteroatoms. The van der Waals surface area contributed by atoms with Gasteiger partial charge in [-0.15, -0.1) is 0 Å². The second-order valence-corrected chi connectivity index (χ2v) is 5.94. The van der Waals surface area contributed by atoms with Crippen LogP contribution in [-0.2, 0) is 16.0 Å². The van der Waals surface area contributed by atoms with Gasteiger partial charge in [-0.05, 0) is 48.4 Å². The highest BCUT2D eigenvalue weighted by molar-refractivity contribution is 5.94. The third-order valence-electron chi connectivity index (χ3n) is 4.27. The first kappa shape index (κ1) is 20.3. The SMILES string of the molecule is COC(=O)CCN(CCc1ccc(OC)cc1)C(=O)c1ccc(OC)cc1. The molecule has 0 atom stereocenters. The largest absolute Gasteiger partial charge is 0.497 e. The summed E-state index contributed by atoms with van der Waals surface area (Å²) in [6.45, 7) is 0.794. The minimum absolute atomic E-state index is 0.130.